The van der Waals surface area contributed by atoms with Crippen molar-refractivity contribution in [1.29, 1.82) is 0 Å². The summed E-state index contributed by atoms with van der Waals surface area (Å²) in [6, 6.07) is 28.1. The number of hydrogen-bond donors (Lipinski definition) is 0. The highest BCUT2D eigenvalue weighted by molar-refractivity contribution is 5.43. The van der Waals surface area contributed by atoms with Gasteiger partial charge in [-0.1, -0.05) is 166 Å². The number of pyridine rings is 8. The van der Waals surface area contributed by atoms with Crippen LogP contribution in [0.4, 0.5) is 0 Å². The van der Waals surface area contributed by atoms with Crippen molar-refractivity contribution in [3.8, 4) is 45.5 Å². The van der Waals surface area contributed by atoms with E-state index in [9.17, 15) is 0 Å². The van der Waals surface area contributed by atoms with Gasteiger partial charge in [-0.15, -0.1) is 40.2 Å². The van der Waals surface area contributed by atoms with E-state index in [-0.39, 0.29) is 43.3 Å². The number of rotatable bonds is 8. The lowest BCUT2D eigenvalue weighted by Crippen LogP contribution is -2.19. The molecule has 0 spiro atoms. The first-order valence-electron chi connectivity index (χ1n) is 40.4. The molecule has 0 amide bonds. The van der Waals surface area contributed by atoms with Crippen LogP contribution in [0.5, 0.6) is 0 Å². The highest BCUT2D eigenvalue weighted by atomic mass is 15.5. The number of aryl methyl sites for hydroxylation is 3. The lowest BCUT2D eigenvalue weighted by atomic mass is 9.88. The van der Waals surface area contributed by atoms with Crippen molar-refractivity contribution in [2.45, 2.75) is 230 Å². The minimum absolute atomic E-state index is 0.00252. The standard InChI is InChI=1S/3C12H16N4.5C11H14N4/c1-9-5-10(16-7-13-14-8-16)6-11(15-9)12(2,3)4;1-9-7-10(16-13-5-6-14-16)8-11(15-9)12(2,3)4;1-9-5-6-10(16-13-7-8-14-16)11(15-9)12(2,3)4;1-11(2,3)9-4-10(6-12-5-9)15-7-13-14-8-15;1-11(2,3)9-6-10(8-12-7-9)15-13-4-5-14-15;1-11(2,3)10-6-9(4-5-12-10)15-7-13-14-8-15;1-11(2,3)10-9(5-4-6-13-10)15-8-12-7-14-15;1-11(2,3)10-9(5-4-6-12-10)15-13-7-8-14-15/h3*5-8H,1-4H3;5*4-8H,1-3H3. The average molecular weight is 1660 g/mol. The Morgan fingerprint density at radius 3 is 1.05 bits per heavy atom. The third-order valence-electron chi connectivity index (χ3n) is 18.2. The molecule has 16 aromatic heterocycles. The van der Waals surface area contributed by atoms with Gasteiger partial charge in [-0.05, 0) is 128 Å². The van der Waals surface area contributed by atoms with Crippen LogP contribution >= 0.6 is 0 Å². The maximum Gasteiger partial charge on any atom is 0.138 e. The molecule has 16 rings (SSSR count). The Hall–Kier alpha value is -13.7. The molecule has 0 unspecified atom stereocenters. The summed E-state index contributed by atoms with van der Waals surface area (Å²) < 4.78 is 7.36. The second-order valence-corrected chi connectivity index (χ2v) is 37.3. The monoisotopic (exact) mass is 1660 g/mol. The lowest BCUT2D eigenvalue weighted by molar-refractivity contribution is 0.554. The van der Waals surface area contributed by atoms with Crippen LogP contribution < -0.4 is 0 Å². The van der Waals surface area contributed by atoms with E-state index in [0.717, 1.165) is 96.7 Å². The smallest absolute Gasteiger partial charge is 0.138 e. The Kier molecular flexibility index (Phi) is 30.4. The van der Waals surface area contributed by atoms with Crippen LogP contribution in [0.3, 0.4) is 0 Å². The predicted octanol–water partition coefficient (Wildman–Crippen LogP) is 16.6. The van der Waals surface area contributed by atoms with Crippen molar-refractivity contribution >= 4 is 0 Å². The first-order chi connectivity index (χ1) is 57.8. The number of aromatic nitrogens is 32. The zero-order valence-corrected chi connectivity index (χ0v) is 76.2. The van der Waals surface area contributed by atoms with Crippen molar-refractivity contribution in [3.63, 3.8) is 0 Å². The van der Waals surface area contributed by atoms with Gasteiger partial charge in [-0.25, -0.2) is 9.67 Å². The molecule has 0 N–H and O–H groups in total. The molecule has 16 heterocycles. The molecule has 32 heteroatoms. The van der Waals surface area contributed by atoms with Crippen LogP contribution in [0.1, 0.15) is 229 Å². The van der Waals surface area contributed by atoms with Crippen molar-refractivity contribution in [2.75, 3.05) is 0 Å². The summed E-state index contributed by atoms with van der Waals surface area (Å²) >= 11 is 0. The Balaban J connectivity index is 0.000000159. The summed E-state index contributed by atoms with van der Waals surface area (Å²) in [6.45, 7) is 57.5. The molecule has 16 aromatic rings. The van der Waals surface area contributed by atoms with Crippen molar-refractivity contribution in [1.82, 2.24) is 159 Å². The van der Waals surface area contributed by atoms with Crippen LogP contribution in [0.15, 0.2) is 229 Å². The zero-order valence-electron chi connectivity index (χ0n) is 76.2. The van der Waals surface area contributed by atoms with E-state index in [4.69, 9.17) is 0 Å². The van der Waals surface area contributed by atoms with E-state index < -0.39 is 0 Å². The minimum atomic E-state index is -0.0189. The van der Waals surface area contributed by atoms with E-state index in [1.54, 1.807) is 143 Å². The largest absolute Gasteiger partial charge is 0.288 e. The molecule has 0 aliphatic carbocycles. The quantitative estimate of drug-likeness (QED) is 0.136. The van der Waals surface area contributed by atoms with Gasteiger partial charge < -0.3 is 0 Å². The van der Waals surface area contributed by atoms with Crippen LogP contribution in [0, 0.1) is 20.8 Å². The van der Waals surface area contributed by atoms with Gasteiger partial charge in [0.15, 0.2) is 0 Å². The highest BCUT2D eigenvalue weighted by Crippen LogP contribution is 2.31. The molecule has 0 aliphatic heterocycles. The molecule has 0 saturated carbocycles. The lowest BCUT2D eigenvalue weighted by Gasteiger charge is -2.21. The third kappa shape index (κ3) is 27.4. The van der Waals surface area contributed by atoms with Crippen LogP contribution in [-0.2, 0) is 43.3 Å². The van der Waals surface area contributed by atoms with Crippen LogP contribution in [0.2, 0.25) is 0 Å². The van der Waals surface area contributed by atoms with E-state index in [1.807, 2.05) is 114 Å². The molecular formula is C91H118N32. The molecule has 32 nitrogen and oxygen atoms in total. The predicted molar refractivity (Wildman–Crippen MR) is 477 cm³/mol. The van der Waals surface area contributed by atoms with Crippen LogP contribution in [0.25, 0.3) is 45.5 Å². The molecule has 0 radical (unpaired) electrons. The van der Waals surface area contributed by atoms with Gasteiger partial charge >= 0.3 is 0 Å². The minimum Gasteiger partial charge on any atom is -0.288 e. The molecule has 0 atom stereocenters. The normalized spacial score (nSPS) is 11.7. The fourth-order valence-electron chi connectivity index (χ4n) is 11.5. The first-order valence-corrected chi connectivity index (χ1v) is 40.4. The topological polar surface area (TPSA) is 349 Å². The summed E-state index contributed by atoms with van der Waals surface area (Å²) in [5, 5.41) is 59.8. The summed E-state index contributed by atoms with van der Waals surface area (Å²) in [7, 11) is 0. The zero-order chi connectivity index (χ0) is 89.7. The fraction of sp³-hybridized carbons (Fsp3) is 0.385. The Morgan fingerprint density at radius 2 is 0.618 bits per heavy atom. The molecule has 0 aromatic carbocycles. The third-order valence-corrected chi connectivity index (χ3v) is 18.2. The molecule has 642 valence electrons. The number of hydrogen-bond acceptors (Lipinski definition) is 24. The van der Waals surface area contributed by atoms with Gasteiger partial charge in [0, 0.05) is 97.6 Å². The van der Waals surface area contributed by atoms with E-state index >= 15 is 0 Å². The van der Waals surface area contributed by atoms with Gasteiger partial charge in [0.2, 0.25) is 0 Å². The van der Waals surface area contributed by atoms with Gasteiger partial charge in [0.05, 0.1) is 107 Å². The summed E-state index contributed by atoms with van der Waals surface area (Å²) in [5.41, 5.74) is 19.8. The molecule has 0 aliphatic rings. The Morgan fingerprint density at radius 1 is 0.244 bits per heavy atom. The average Bonchev–Trinajstić information content (AvgIpc) is 1.80. The maximum absolute atomic E-state index is 4.60. The first kappa shape index (κ1) is 93.2. The van der Waals surface area contributed by atoms with Gasteiger partial charge in [0.1, 0.15) is 67.7 Å². The fourth-order valence-corrected chi connectivity index (χ4v) is 11.5. The van der Waals surface area contributed by atoms with Crippen LogP contribution in [-0.4, -0.2) is 159 Å². The maximum atomic E-state index is 4.60. The van der Waals surface area contributed by atoms with Crippen molar-refractivity contribution in [2.24, 2.45) is 0 Å². The van der Waals surface area contributed by atoms with E-state index in [2.05, 4.69) is 312 Å². The molecule has 0 bridgehead atoms. The van der Waals surface area contributed by atoms with Gasteiger partial charge in [-0.2, -0.15) is 55.5 Å². The molecule has 0 saturated heterocycles. The Bertz CT molecular complexity index is 5410. The SMILES string of the molecule is CC(C)(C)c1cc(-n2cnnc2)ccn1.CC(C)(C)c1cncc(-n2cnnc2)c1.CC(C)(C)c1cncc(-n2nccn2)c1.CC(C)(C)c1ncccc1-n1cncn1.CC(C)(C)c1ncccc1-n1nccn1.Cc1cc(-n2cnnc2)cc(C(C)(C)C)n1.Cc1cc(-n2nccn2)cc(C(C)(C)C)n1.Cc1ccc(-n2nccn2)c(C(C)(C)C)n1. The molecular weight excluding hydrogens is 1540 g/mol. The Labute approximate surface area is 721 Å². The summed E-state index contributed by atoms with van der Waals surface area (Å²) in [6.07, 6.45) is 39.4. The molecule has 123 heavy (non-hydrogen) atoms. The number of nitrogens with zero attached hydrogens (tertiary/aromatic N) is 32. The van der Waals surface area contributed by atoms with Gasteiger partial charge in [0.25, 0.3) is 0 Å². The van der Waals surface area contributed by atoms with E-state index in [0.29, 0.717) is 0 Å². The van der Waals surface area contributed by atoms with Gasteiger partial charge in [-0.3, -0.25) is 53.6 Å². The molecule has 0 fully saturated rings. The second kappa shape index (κ2) is 40.1. The second-order valence-electron chi connectivity index (χ2n) is 37.3. The van der Waals surface area contributed by atoms with Crippen molar-refractivity contribution < 1.29 is 0 Å². The summed E-state index contributed by atoms with van der Waals surface area (Å²) in [4.78, 5) is 45.7. The highest BCUT2D eigenvalue weighted by Gasteiger charge is 2.26. The summed E-state index contributed by atoms with van der Waals surface area (Å²) in [5.74, 6) is 0. The van der Waals surface area contributed by atoms with Crippen molar-refractivity contribution in [3.05, 3.63) is 291 Å². The van der Waals surface area contributed by atoms with E-state index in [1.165, 1.54) is 17.5 Å².